The van der Waals surface area contributed by atoms with Crippen LogP contribution in [0.5, 0.6) is 11.5 Å². The summed E-state index contributed by atoms with van der Waals surface area (Å²) in [4.78, 5) is 9.05. The van der Waals surface area contributed by atoms with Gasteiger partial charge >= 0.3 is 0 Å². The summed E-state index contributed by atoms with van der Waals surface area (Å²) in [6.07, 6.45) is 2.61. The van der Waals surface area contributed by atoms with E-state index in [-0.39, 0.29) is 5.75 Å². The van der Waals surface area contributed by atoms with E-state index in [1.54, 1.807) is 31.5 Å². The van der Waals surface area contributed by atoms with Gasteiger partial charge < -0.3 is 14.4 Å². The third-order valence-corrected chi connectivity index (χ3v) is 3.64. The number of aliphatic imine (C=N–C) groups is 1. The molecule has 0 aliphatic heterocycles. The molecule has 5 heteroatoms. The molecule has 1 N–H and O–H groups in total. The molecule has 0 fully saturated rings. The molecule has 1 aromatic heterocycles. The summed E-state index contributed by atoms with van der Waals surface area (Å²) in [5.74, 6) is 1.47. The van der Waals surface area contributed by atoms with Gasteiger partial charge in [0.05, 0.1) is 18.1 Å². The van der Waals surface area contributed by atoms with Gasteiger partial charge in [-0.15, -0.1) is 0 Å². The van der Waals surface area contributed by atoms with Crippen molar-refractivity contribution in [2.24, 2.45) is 4.99 Å². The van der Waals surface area contributed by atoms with Gasteiger partial charge in [0.25, 0.3) is 0 Å². The van der Waals surface area contributed by atoms with Crippen LogP contribution in [0.4, 0.5) is 5.95 Å². The molecule has 118 valence electrons. The van der Waals surface area contributed by atoms with E-state index in [0.717, 1.165) is 24.0 Å². The van der Waals surface area contributed by atoms with Crippen LogP contribution in [0.1, 0.15) is 18.9 Å². The number of phenolic OH excluding ortho intramolecular Hbond substituents is 1. The fourth-order valence-corrected chi connectivity index (χ4v) is 2.50. The number of imidazole rings is 1. The van der Waals surface area contributed by atoms with Crippen LogP contribution in [0, 0.1) is 0 Å². The zero-order valence-electron chi connectivity index (χ0n) is 13.2. The maximum absolute atomic E-state index is 9.95. The molecule has 3 aromatic rings. The first-order valence-corrected chi connectivity index (χ1v) is 7.59. The minimum absolute atomic E-state index is 0.160. The Kier molecular flexibility index (Phi) is 4.28. The van der Waals surface area contributed by atoms with Crippen molar-refractivity contribution < 1.29 is 9.84 Å². The first-order chi connectivity index (χ1) is 11.2. The summed E-state index contributed by atoms with van der Waals surface area (Å²) in [7, 11) is 1.59. The molecule has 2 aromatic carbocycles. The van der Waals surface area contributed by atoms with E-state index in [1.165, 1.54) is 0 Å². The molecule has 0 aliphatic rings. The zero-order chi connectivity index (χ0) is 16.2. The minimum Gasteiger partial charge on any atom is -0.507 e. The third-order valence-electron chi connectivity index (χ3n) is 3.64. The molecule has 0 unspecified atom stereocenters. The van der Waals surface area contributed by atoms with Crippen LogP contribution in [-0.4, -0.2) is 28.0 Å². The van der Waals surface area contributed by atoms with Crippen molar-refractivity contribution in [2.75, 3.05) is 7.11 Å². The van der Waals surface area contributed by atoms with E-state index in [9.17, 15) is 5.11 Å². The molecular weight excluding hydrogens is 290 g/mol. The van der Waals surface area contributed by atoms with Crippen LogP contribution >= 0.6 is 0 Å². The van der Waals surface area contributed by atoms with E-state index < -0.39 is 0 Å². The summed E-state index contributed by atoms with van der Waals surface area (Å²) < 4.78 is 7.26. The second kappa shape index (κ2) is 6.52. The molecule has 0 aliphatic carbocycles. The maximum atomic E-state index is 9.95. The predicted molar refractivity (Wildman–Crippen MR) is 91.9 cm³/mol. The van der Waals surface area contributed by atoms with Crippen LogP contribution in [0.3, 0.4) is 0 Å². The second-order valence-electron chi connectivity index (χ2n) is 5.24. The Balaban J connectivity index is 2.02. The van der Waals surface area contributed by atoms with Crippen molar-refractivity contribution >= 4 is 23.2 Å². The van der Waals surface area contributed by atoms with E-state index in [1.807, 2.05) is 24.3 Å². The lowest BCUT2D eigenvalue weighted by atomic mass is 10.2. The Morgan fingerprint density at radius 2 is 2.09 bits per heavy atom. The Labute approximate surface area is 134 Å². The number of aryl methyl sites for hydroxylation is 1. The minimum atomic E-state index is 0.160. The van der Waals surface area contributed by atoms with Gasteiger partial charge in [-0.3, -0.25) is 0 Å². The highest BCUT2D eigenvalue weighted by molar-refractivity contribution is 5.86. The normalized spacial score (nSPS) is 11.4. The predicted octanol–water partition coefficient (Wildman–Crippen LogP) is 3.91. The average molecular weight is 309 g/mol. The molecule has 5 nitrogen and oxygen atoms in total. The quantitative estimate of drug-likeness (QED) is 0.727. The van der Waals surface area contributed by atoms with Gasteiger partial charge in [0.1, 0.15) is 11.5 Å². The average Bonchev–Trinajstić information content (AvgIpc) is 2.92. The summed E-state index contributed by atoms with van der Waals surface area (Å²) in [6, 6.07) is 13.0. The molecule has 0 bridgehead atoms. The Morgan fingerprint density at radius 1 is 1.26 bits per heavy atom. The Hall–Kier alpha value is -2.82. The largest absolute Gasteiger partial charge is 0.507 e. The van der Waals surface area contributed by atoms with E-state index in [4.69, 9.17) is 4.74 Å². The van der Waals surface area contributed by atoms with Crippen molar-refractivity contribution in [3.8, 4) is 11.5 Å². The number of aromatic hydroxyl groups is 1. The van der Waals surface area contributed by atoms with Gasteiger partial charge in [0, 0.05) is 18.3 Å². The standard InChI is InChI=1S/C18H19N3O2/c1-3-10-21-16-7-5-4-6-15(16)20-18(21)19-12-13-11-14(23-2)8-9-17(13)22/h4-9,11-12,22H,3,10H2,1-2H3. The van der Waals surface area contributed by atoms with Crippen LogP contribution in [0.25, 0.3) is 11.0 Å². The molecule has 0 atom stereocenters. The number of phenols is 1. The molecule has 0 radical (unpaired) electrons. The monoisotopic (exact) mass is 309 g/mol. The number of hydrogen-bond acceptors (Lipinski definition) is 4. The third kappa shape index (κ3) is 3.04. The van der Waals surface area contributed by atoms with Crippen molar-refractivity contribution in [3.05, 3.63) is 48.0 Å². The zero-order valence-corrected chi connectivity index (χ0v) is 13.2. The molecule has 0 saturated heterocycles. The number of benzene rings is 2. The highest BCUT2D eigenvalue weighted by Crippen LogP contribution is 2.24. The Bertz CT molecular complexity index is 853. The van der Waals surface area contributed by atoms with Crippen molar-refractivity contribution in [1.82, 2.24) is 9.55 Å². The summed E-state index contributed by atoms with van der Waals surface area (Å²) in [5.41, 5.74) is 2.58. The fourth-order valence-electron chi connectivity index (χ4n) is 2.50. The van der Waals surface area contributed by atoms with Crippen LogP contribution in [0.15, 0.2) is 47.5 Å². The van der Waals surface area contributed by atoms with Gasteiger partial charge in [-0.1, -0.05) is 19.1 Å². The number of ether oxygens (including phenoxy) is 1. The van der Waals surface area contributed by atoms with Crippen LogP contribution < -0.4 is 4.74 Å². The number of hydrogen-bond donors (Lipinski definition) is 1. The second-order valence-corrected chi connectivity index (χ2v) is 5.24. The number of para-hydroxylation sites is 2. The number of aromatic nitrogens is 2. The lowest BCUT2D eigenvalue weighted by Gasteiger charge is -2.05. The van der Waals surface area contributed by atoms with Crippen molar-refractivity contribution in [3.63, 3.8) is 0 Å². The molecule has 0 amide bonds. The summed E-state index contributed by atoms with van der Waals surface area (Å²) >= 11 is 0. The van der Waals surface area contributed by atoms with Gasteiger partial charge in [0.2, 0.25) is 5.95 Å². The van der Waals surface area contributed by atoms with E-state index in [0.29, 0.717) is 17.3 Å². The summed E-state index contributed by atoms with van der Waals surface area (Å²) in [5, 5.41) is 9.95. The van der Waals surface area contributed by atoms with Gasteiger partial charge in [0.15, 0.2) is 0 Å². The summed E-state index contributed by atoms with van der Waals surface area (Å²) in [6.45, 7) is 2.97. The molecular formula is C18H19N3O2. The maximum Gasteiger partial charge on any atom is 0.230 e. The van der Waals surface area contributed by atoms with E-state index >= 15 is 0 Å². The molecule has 23 heavy (non-hydrogen) atoms. The number of rotatable bonds is 5. The topological polar surface area (TPSA) is 59.6 Å². The molecule has 1 heterocycles. The van der Waals surface area contributed by atoms with Gasteiger partial charge in [-0.2, -0.15) is 0 Å². The first kappa shape index (κ1) is 15.1. The first-order valence-electron chi connectivity index (χ1n) is 7.59. The van der Waals surface area contributed by atoms with Crippen molar-refractivity contribution in [1.29, 1.82) is 0 Å². The molecule has 0 saturated carbocycles. The fraction of sp³-hybridized carbons (Fsp3) is 0.222. The number of nitrogens with zero attached hydrogens (tertiary/aromatic N) is 3. The smallest absolute Gasteiger partial charge is 0.230 e. The van der Waals surface area contributed by atoms with Gasteiger partial charge in [-0.25, -0.2) is 9.98 Å². The highest BCUT2D eigenvalue weighted by atomic mass is 16.5. The lowest BCUT2D eigenvalue weighted by molar-refractivity contribution is 0.412. The van der Waals surface area contributed by atoms with Gasteiger partial charge in [-0.05, 0) is 36.8 Å². The SMILES string of the molecule is CCCn1c(N=Cc2cc(OC)ccc2O)nc2ccccc21. The highest BCUT2D eigenvalue weighted by Gasteiger charge is 2.08. The lowest BCUT2D eigenvalue weighted by Crippen LogP contribution is -1.96. The molecule has 0 spiro atoms. The van der Waals surface area contributed by atoms with Crippen LogP contribution in [-0.2, 0) is 6.54 Å². The van der Waals surface area contributed by atoms with E-state index in [2.05, 4.69) is 21.5 Å². The number of fused-ring (bicyclic) bond motifs is 1. The van der Waals surface area contributed by atoms with Crippen molar-refractivity contribution in [2.45, 2.75) is 19.9 Å². The Morgan fingerprint density at radius 3 is 2.87 bits per heavy atom. The van der Waals surface area contributed by atoms with Crippen LogP contribution in [0.2, 0.25) is 0 Å². The number of methoxy groups -OCH3 is 1. The molecule has 3 rings (SSSR count).